The molecule has 1 amide bonds. The third-order valence-electron chi connectivity index (χ3n) is 5.30. The fourth-order valence-corrected chi connectivity index (χ4v) is 3.78. The molecule has 30 heavy (non-hydrogen) atoms. The molecule has 0 saturated carbocycles. The summed E-state index contributed by atoms with van der Waals surface area (Å²) in [7, 11) is 0. The van der Waals surface area contributed by atoms with Crippen molar-refractivity contribution in [1.82, 2.24) is 14.8 Å². The monoisotopic (exact) mass is 419 g/mol. The Labute approximate surface area is 180 Å². The number of nitrogens with zero attached hydrogens (tertiary/aromatic N) is 3. The largest absolute Gasteiger partial charge is 0.336 e. The number of pyridine rings is 1. The molecule has 2 heterocycles. The van der Waals surface area contributed by atoms with E-state index in [1.54, 1.807) is 54.7 Å². The van der Waals surface area contributed by atoms with Crippen molar-refractivity contribution >= 4 is 23.3 Å². The zero-order valence-corrected chi connectivity index (χ0v) is 17.3. The highest BCUT2D eigenvalue weighted by atomic mass is 35.5. The van der Waals surface area contributed by atoms with Gasteiger partial charge >= 0.3 is 0 Å². The fraction of sp³-hybridized carbons (Fsp3) is 0.208. The van der Waals surface area contributed by atoms with Crippen molar-refractivity contribution in [3.05, 3.63) is 100 Å². The number of benzene rings is 2. The van der Waals surface area contributed by atoms with Crippen molar-refractivity contribution < 1.29 is 9.59 Å². The first-order chi connectivity index (χ1) is 14.6. The Morgan fingerprint density at radius 2 is 1.57 bits per heavy atom. The third kappa shape index (κ3) is 4.58. The van der Waals surface area contributed by atoms with Gasteiger partial charge in [0.05, 0.1) is 5.56 Å². The highest BCUT2D eigenvalue weighted by Crippen LogP contribution is 2.19. The van der Waals surface area contributed by atoms with Crippen LogP contribution in [0.1, 0.15) is 31.8 Å². The molecule has 2 aromatic carbocycles. The molecule has 1 fully saturated rings. The minimum Gasteiger partial charge on any atom is -0.336 e. The Morgan fingerprint density at radius 3 is 2.23 bits per heavy atom. The summed E-state index contributed by atoms with van der Waals surface area (Å²) in [6.07, 6.45) is 3.64. The normalized spacial score (nSPS) is 14.5. The van der Waals surface area contributed by atoms with Crippen molar-refractivity contribution in [2.75, 3.05) is 26.2 Å². The van der Waals surface area contributed by atoms with Gasteiger partial charge in [0.1, 0.15) is 0 Å². The van der Waals surface area contributed by atoms with E-state index in [4.69, 9.17) is 11.6 Å². The third-order valence-corrected chi connectivity index (χ3v) is 5.55. The molecule has 1 saturated heterocycles. The van der Waals surface area contributed by atoms with Gasteiger partial charge in [0.2, 0.25) is 0 Å². The summed E-state index contributed by atoms with van der Waals surface area (Å²) in [4.78, 5) is 34.5. The number of aromatic nitrogens is 1. The molecule has 1 aliphatic heterocycles. The Balaban J connectivity index is 1.45. The topological polar surface area (TPSA) is 53.5 Å². The van der Waals surface area contributed by atoms with Crippen LogP contribution < -0.4 is 0 Å². The van der Waals surface area contributed by atoms with Crippen LogP contribution in [0.25, 0.3) is 0 Å². The van der Waals surface area contributed by atoms with Crippen LogP contribution in [0.5, 0.6) is 0 Å². The van der Waals surface area contributed by atoms with Gasteiger partial charge in [0, 0.05) is 61.3 Å². The average Bonchev–Trinajstić information content (AvgIpc) is 2.80. The lowest BCUT2D eigenvalue weighted by Gasteiger charge is -2.35. The number of piperazine rings is 1. The molecular weight excluding hydrogens is 398 g/mol. The molecule has 5 nitrogen and oxygen atoms in total. The van der Waals surface area contributed by atoms with Crippen molar-refractivity contribution in [3.63, 3.8) is 0 Å². The molecule has 0 unspecified atom stereocenters. The maximum Gasteiger partial charge on any atom is 0.254 e. The number of amides is 1. The second kappa shape index (κ2) is 9.20. The number of hydrogen-bond donors (Lipinski definition) is 0. The molecule has 0 radical (unpaired) electrons. The van der Waals surface area contributed by atoms with Crippen molar-refractivity contribution in [1.29, 1.82) is 0 Å². The van der Waals surface area contributed by atoms with E-state index < -0.39 is 0 Å². The van der Waals surface area contributed by atoms with Crippen LogP contribution in [-0.2, 0) is 6.54 Å². The quantitative estimate of drug-likeness (QED) is 0.588. The summed E-state index contributed by atoms with van der Waals surface area (Å²) in [6.45, 7) is 3.65. The Bertz CT molecular complexity index is 1030. The summed E-state index contributed by atoms with van der Waals surface area (Å²) in [6, 6.07) is 17.7. The SMILES string of the molecule is O=C(c1ccc(Cl)cc1)c1ccccc1C(=O)N1CCN(Cc2cccnc2)CC1. The lowest BCUT2D eigenvalue weighted by atomic mass is 9.97. The van der Waals surface area contributed by atoms with E-state index in [0.29, 0.717) is 34.8 Å². The van der Waals surface area contributed by atoms with Gasteiger partial charge in [-0.2, -0.15) is 0 Å². The Hall–Kier alpha value is -3.02. The second-order valence-corrected chi connectivity index (χ2v) is 7.75. The molecule has 1 aliphatic rings. The fourth-order valence-electron chi connectivity index (χ4n) is 3.65. The van der Waals surface area contributed by atoms with E-state index in [1.165, 1.54) is 0 Å². The molecule has 152 valence electrons. The first-order valence-electron chi connectivity index (χ1n) is 9.91. The van der Waals surface area contributed by atoms with Crippen LogP contribution in [0.4, 0.5) is 0 Å². The van der Waals surface area contributed by atoms with Crippen LogP contribution in [0.15, 0.2) is 73.1 Å². The first kappa shape index (κ1) is 20.3. The van der Waals surface area contributed by atoms with E-state index in [2.05, 4.69) is 16.0 Å². The van der Waals surface area contributed by atoms with E-state index in [9.17, 15) is 9.59 Å². The van der Waals surface area contributed by atoms with E-state index in [0.717, 1.165) is 25.2 Å². The number of halogens is 1. The van der Waals surface area contributed by atoms with Crippen LogP contribution in [0.2, 0.25) is 5.02 Å². The van der Waals surface area contributed by atoms with E-state index >= 15 is 0 Å². The van der Waals surface area contributed by atoms with Gasteiger partial charge in [0.15, 0.2) is 5.78 Å². The van der Waals surface area contributed by atoms with Gasteiger partial charge in [-0.1, -0.05) is 35.9 Å². The molecule has 0 atom stereocenters. The van der Waals surface area contributed by atoms with E-state index in [1.807, 2.05) is 17.2 Å². The highest BCUT2D eigenvalue weighted by molar-refractivity contribution is 6.30. The molecular formula is C24H22ClN3O2. The molecule has 0 spiro atoms. The van der Waals surface area contributed by atoms with Crippen LogP contribution in [-0.4, -0.2) is 52.7 Å². The molecule has 3 aromatic rings. The highest BCUT2D eigenvalue weighted by Gasteiger charge is 2.25. The lowest BCUT2D eigenvalue weighted by molar-refractivity contribution is 0.0625. The molecule has 4 rings (SSSR count). The van der Waals surface area contributed by atoms with Crippen molar-refractivity contribution in [3.8, 4) is 0 Å². The summed E-state index contributed by atoms with van der Waals surface area (Å²) >= 11 is 5.93. The molecule has 1 aromatic heterocycles. The van der Waals surface area contributed by atoms with Gasteiger partial charge in [-0.15, -0.1) is 0 Å². The molecule has 0 bridgehead atoms. The average molecular weight is 420 g/mol. The molecule has 0 N–H and O–H groups in total. The van der Waals surface area contributed by atoms with Gasteiger partial charge < -0.3 is 4.90 Å². The molecule has 0 aliphatic carbocycles. The summed E-state index contributed by atoms with van der Waals surface area (Å²) in [5.74, 6) is -0.278. The number of rotatable bonds is 5. The first-order valence-corrected chi connectivity index (χ1v) is 10.3. The smallest absolute Gasteiger partial charge is 0.254 e. The number of hydrogen-bond acceptors (Lipinski definition) is 4. The standard InChI is InChI=1S/C24H22ClN3O2/c25-20-9-7-19(8-10-20)23(29)21-5-1-2-6-22(21)24(30)28-14-12-27(13-15-28)17-18-4-3-11-26-16-18/h1-11,16H,12-15,17H2. The minimum absolute atomic E-state index is 0.103. The minimum atomic E-state index is -0.175. The predicted molar refractivity (Wildman–Crippen MR) is 117 cm³/mol. The summed E-state index contributed by atoms with van der Waals surface area (Å²) < 4.78 is 0. The number of ketones is 1. The Kier molecular flexibility index (Phi) is 6.21. The summed E-state index contributed by atoms with van der Waals surface area (Å²) in [5, 5.41) is 0.570. The zero-order valence-electron chi connectivity index (χ0n) is 16.5. The van der Waals surface area contributed by atoms with Gasteiger partial charge in [-0.3, -0.25) is 19.5 Å². The number of carbonyl (C=O) groups excluding carboxylic acids is 2. The van der Waals surface area contributed by atoms with Crippen LogP contribution in [0.3, 0.4) is 0 Å². The predicted octanol–water partition coefficient (Wildman–Crippen LogP) is 3.92. The maximum absolute atomic E-state index is 13.2. The summed E-state index contributed by atoms with van der Waals surface area (Å²) in [5.41, 5.74) is 2.54. The van der Waals surface area contributed by atoms with Crippen LogP contribution in [0, 0.1) is 0 Å². The maximum atomic E-state index is 13.2. The Morgan fingerprint density at radius 1 is 0.867 bits per heavy atom. The molecule has 6 heteroatoms. The van der Waals surface area contributed by atoms with Crippen LogP contribution >= 0.6 is 11.6 Å². The number of carbonyl (C=O) groups is 2. The van der Waals surface area contributed by atoms with Crippen molar-refractivity contribution in [2.45, 2.75) is 6.54 Å². The van der Waals surface area contributed by atoms with E-state index in [-0.39, 0.29) is 11.7 Å². The van der Waals surface area contributed by atoms with Gasteiger partial charge in [0.25, 0.3) is 5.91 Å². The van der Waals surface area contributed by atoms with Gasteiger partial charge in [-0.05, 0) is 42.0 Å². The second-order valence-electron chi connectivity index (χ2n) is 7.31. The van der Waals surface area contributed by atoms with Gasteiger partial charge in [-0.25, -0.2) is 0 Å². The van der Waals surface area contributed by atoms with Crippen molar-refractivity contribution in [2.24, 2.45) is 0 Å². The lowest BCUT2D eigenvalue weighted by Crippen LogP contribution is -2.48. The zero-order chi connectivity index (χ0) is 20.9.